The SMILES string of the molecule is COC(=O)CC1CCN(C(=O)Cl)C1. The van der Waals surface area contributed by atoms with E-state index < -0.39 is 5.37 Å². The van der Waals surface area contributed by atoms with Crippen molar-refractivity contribution in [2.24, 2.45) is 5.92 Å². The molecule has 1 saturated heterocycles. The van der Waals surface area contributed by atoms with E-state index in [-0.39, 0.29) is 11.9 Å². The number of esters is 1. The Morgan fingerprint density at radius 1 is 1.62 bits per heavy atom. The van der Waals surface area contributed by atoms with Gasteiger partial charge in [0.1, 0.15) is 0 Å². The summed E-state index contributed by atoms with van der Waals surface area (Å²) in [5.41, 5.74) is 0. The van der Waals surface area contributed by atoms with Crippen molar-refractivity contribution in [1.29, 1.82) is 0 Å². The molecule has 74 valence electrons. The molecule has 0 N–H and O–H groups in total. The summed E-state index contributed by atoms with van der Waals surface area (Å²) in [5, 5.41) is -0.438. The quantitative estimate of drug-likeness (QED) is 0.387. The van der Waals surface area contributed by atoms with Crippen LogP contribution in [0.4, 0.5) is 4.79 Å². The van der Waals surface area contributed by atoms with E-state index in [1.54, 1.807) is 0 Å². The molecule has 0 radical (unpaired) electrons. The van der Waals surface area contributed by atoms with Crippen molar-refractivity contribution in [2.75, 3.05) is 20.2 Å². The van der Waals surface area contributed by atoms with Gasteiger partial charge in [-0.05, 0) is 23.9 Å². The molecule has 5 heteroatoms. The number of carbonyl (C=O) groups is 2. The first-order valence-electron chi connectivity index (χ1n) is 4.14. The minimum atomic E-state index is -0.438. The van der Waals surface area contributed by atoms with Gasteiger partial charge in [-0.15, -0.1) is 0 Å². The minimum absolute atomic E-state index is 0.204. The van der Waals surface area contributed by atoms with E-state index >= 15 is 0 Å². The van der Waals surface area contributed by atoms with Crippen LogP contribution in [0.1, 0.15) is 12.8 Å². The highest BCUT2D eigenvalue weighted by molar-refractivity contribution is 6.62. The standard InChI is InChI=1S/C8H12ClNO3/c1-13-7(11)4-6-2-3-10(5-6)8(9)12/h6H,2-5H2,1H3. The second kappa shape index (κ2) is 4.46. The molecule has 1 unspecified atom stereocenters. The Morgan fingerprint density at radius 3 is 2.77 bits per heavy atom. The average Bonchev–Trinajstić information content (AvgIpc) is 2.52. The number of halogens is 1. The fourth-order valence-corrected chi connectivity index (χ4v) is 1.63. The summed E-state index contributed by atoms with van der Waals surface area (Å²) in [6, 6.07) is 0. The number of hydrogen-bond donors (Lipinski definition) is 0. The Balaban J connectivity index is 2.33. The number of carbonyl (C=O) groups excluding carboxylic acids is 2. The molecule has 1 amide bonds. The van der Waals surface area contributed by atoms with Crippen LogP contribution < -0.4 is 0 Å². The molecule has 13 heavy (non-hydrogen) atoms. The van der Waals surface area contributed by atoms with Crippen molar-refractivity contribution in [3.63, 3.8) is 0 Å². The largest absolute Gasteiger partial charge is 0.469 e. The molecule has 0 aromatic carbocycles. The van der Waals surface area contributed by atoms with Crippen molar-refractivity contribution in [3.05, 3.63) is 0 Å². The third-order valence-electron chi connectivity index (χ3n) is 2.22. The molecule has 0 aromatic rings. The van der Waals surface area contributed by atoms with Gasteiger partial charge in [0.25, 0.3) is 0 Å². The lowest BCUT2D eigenvalue weighted by atomic mass is 10.1. The van der Waals surface area contributed by atoms with Crippen molar-refractivity contribution in [3.8, 4) is 0 Å². The highest BCUT2D eigenvalue weighted by atomic mass is 35.5. The highest BCUT2D eigenvalue weighted by Crippen LogP contribution is 2.20. The lowest BCUT2D eigenvalue weighted by Crippen LogP contribution is -2.23. The van der Waals surface area contributed by atoms with E-state index in [1.807, 2.05) is 0 Å². The molecule has 0 bridgehead atoms. The Labute approximate surface area is 81.8 Å². The van der Waals surface area contributed by atoms with E-state index in [0.29, 0.717) is 19.5 Å². The van der Waals surface area contributed by atoms with Crippen LogP contribution >= 0.6 is 11.6 Å². The van der Waals surface area contributed by atoms with E-state index in [0.717, 1.165) is 6.42 Å². The molecule has 0 aliphatic carbocycles. The van der Waals surface area contributed by atoms with Crippen LogP contribution in [-0.4, -0.2) is 36.4 Å². The summed E-state index contributed by atoms with van der Waals surface area (Å²) in [6.07, 6.45) is 1.20. The monoisotopic (exact) mass is 205 g/mol. The van der Waals surface area contributed by atoms with Crippen molar-refractivity contribution in [1.82, 2.24) is 4.90 Å². The average molecular weight is 206 g/mol. The Morgan fingerprint density at radius 2 is 2.31 bits per heavy atom. The molecule has 1 aliphatic heterocycles. The van der Waals surface area contributed by atoms with E-state index in [9.17, 15) is 9.59 Å². The van der Waals surface area contributed by atoms with Crippen molar-refractivity contribution >= 4 is 22.9 Å². The summed E-state index contributed by atoms with van der Waals surface area (Å²) in [7, 11) is 1.36. The normalized spacial score (nSPS) is 21.7. The van der Waals surface area contributed by atoms with Crippen LogP contribution in [0.15, 0.2) is 0 Å². The van der Waals surface area contributed by atoms with Gasteiger partial charge in [0.05, 0.1) is 13.5 Å². The van der Waals surface area contributed by atoms with Crippen LogP contribution in [0.5, 0.6) is 0 Å². The zero-order valence-corrected chi connectivity index (χ0v) is 8.21. The third-order valence-corrected chi connectivity index (χ3v) is 2.46. The zero-order chi connectivity index (χ0) is 9.84. The summed E-state index contributed by atoms with van der Waals surface area (Å²) in [6.45, 7) is 1.21. The van der Waals surface area contributed by atoms with Crippen LogP contribution in [0.25, 0.3) is 0 Å². The van der Waals surface area contributed by atoms with Crippen LogP contribution in [0, 0.1) is 5.92 Å². The molecule has 1 rings (SSSR count). The van der Waals surface area contributed by atoms with Crippen molar-refractivity contribution < 1.29 is 14.3 Å². The van der Waals surface area contributed by atoms with Gasteiger partial charge < -0.3 is 9.64 Å². The molecule has 1 aliphatic rings. The fourth-order valence-electron chi connectivity index (χ4n) is 1.48. The third kappa shape index (κ3) is 2.88. The number of likely N-dealkylation sites (tertiary alicyclic amines) is 1. The number of hydrogen-bond acceptors (Lipinski definition) is 3. The first-order chi connectivity index (χ1) is 6.13. The Kier molecular flexibility index (Phi) is 3.54. The Hall–Kier alpha value is -0.770. The molecule has 1 fully saturated rings. The highest BCUT2D eigenvalue weighted by Gasteiger charge is 2.26. The Bertz CT molecular complexity index is 219. The number of methoxy groups -OCH3 is 1. The number of ether oxygens (including phenoxy) is 1. The molecule has 1 atom stereocenters. The fraction of sp³-hybridized carbons (Fsp3) is 0.750. The van der Waals surface area contributed by atoms with E-state index in [1.165, 1.54) is 12.0 Å². The van der Waals surface area contributed by atoms with Gasteiger partial charge in [-0.2, -0.15) is 0 Å². The zero-order valence-electron chi connectivity index (χ0n) is 7.46. The molecular formula is C8H12ClNO3. The molecule has 0 saturated carbocycles. The molecular weight excluding hydrogens is 194 g/mol. The molecule has 1 heterocycles. The number of rotatable bonds is 2. The topological polar surface area (TPSA) is 46.6 Å². The van der Waals surface area contributed by atoms with E-state index in [2.05, 4.69) is 4.74 Å². The maximum Gasteiger partial charge on any atom is 0.316 e. The lowest BCUT2D eigenvalue weighted by molar-refractivity contribution is -0.141. The smallest absolute Gasteiger partial charge is 0.316 e. The van der Waals surface area contributed by atoms with Gasteiger partial charge in [-0.3, -0.25) is 9.59 Å². The molecule has 4 nitrogen and oxygen atoms in total. The molecule has 0 aromatic heterocycles. The first-order valence-corrected chi connectivity index (χ1v) is 4.52. The second-order valence-electron chi connectivity index (χ2n) is 3.13. The van der Waals surface area contributed by atoms with Crippen LogP contribution in [0.2, 0.25) is 0 Å². The van der Waals surface area contributed by atoms with Gasteiger partial charge in [-0.25, -0.2) is 0 Å². The predicted molar refractivity (Wildman–Crippen MR) is 47.6 cm³/mol. The minimum Gasteiger partial charge on any atom is -0.469 e. The van der Waals surface area contributed by atoms with Gasteiger partial charge in [-0.1, -0.05) is 0 Å². The van der Waals surface area contributed by atoms with Gasteiger partial charge in [0, 0.05) is 13.1 Å². The van der Waals surface area contributed by atoms with Gasteiger partial charge >= 0.3 is 11.3 Å². The molecule has 0 spiro atoms. The maximum atomic E-state index is 10.9. The lowest BCUT2D eigenvalue weighted by Gasteiger charge is -2.11. The summed E-state index contributed by atoms with van der Waals surface area (Å²) < 4.78 is 4.53. The van der Waals surface area contributed by atoms with Crippen LogP contribution in [-0.2, 0) is 9.53 Å². The maximum absolute atomic E-state index is 10.9. The van der Waals surface area contributed by atoms with E-state index in [4.69, 9.17) is 11.6 Å². The second-order valence-corrected chi connectivity index (χ2v) is 3.46. The van der Waals surface area contributed by atoms with Crippen LogP contribution in [0.3, 0.4) is 0 Å². The van der Waals surface area contributed by atoms with Gasteiger partial charge in [0.15, 0.2) is 0 Å². The number of nitrogens with zero attached hydrogens (tertiary/aromatic N) is 1. The summed E-state index contributed by atoms with van der Waals surface area (Å²) in [4.78, 5) is 23.1. The first kappa shape index (κ1) is 10.3. The van der Waals surface area contributed by atoms with Crippen molar-refractivity contribution in [2.45, 2.75) is 12.8 Å². The van der Waals surface area contributed by atoms with Gasteiger partial charge in [0.2, 0.25) is 0 Å². The summed E-state index contributed by atoms with van der Waals surface area (Å²) in [5.74, 6) is -0.0241. The summed E-state index contributed by atoms with van der Waals surface area (Å²) >= 11 is 5.29. The number of amides is 1. The predicted octanol–water partition coefficient (Wildman–Crippen LogP) is 1.23.